The molecule has 0 bridgehead atoms. The average Bonchev–Trinajstić information content (AvgIpc) is 2.93. The van der Waals surface area contributed by atoms with Crippen LogP contribution < -0.4 is 10.1 Å². The van der Waals surface area contributed by atoms with Crippen molar-refractivity contribution in [1.82, 2.24) is 20.1 Å². The third-order valence-electron chi connectivity index (χ3n) is 3.36. The van der Waals surface area contributed by atoms with Gasteiger partial charge >= 0.3 is 0 Å². The molecule has 1 N–H and O–H groups in total. The molecule has 2 rings (SSSR count). The van der Waals surface area contributed by atoms with Crippen LogP contribution in [-0.2, 0) is 6.61 Å². The molecule has 0 saturated carbocycles. The molecule has 0 spiro atoms. The minimum Gasteiger partial charge on any atom is -0.485 e. The zero-order valence-electron chi connectivity index (χ0n) is 12.8. The van der Waals surface area contributed by atoms with Crippen LogP contribution in [0.2, 0.25) is 0 Å². The molecule has 21 heavy (non-hydrogen) atoms. The van der Waals surface area contributed by atoms with Gasteiger partial charge in [-0.05, 0) is 46.0 Å². The van der Waals surface area contributed by atoms with Crippen molar-refractivity contribution >= 4 is 15.9 Å². The Kier molecular flexibility index (Phi) is 5.36. The Balaban J connectivity index is 2.18. The van der Waals surface area contributed by atoms with Gasteiger partial charge in [0, 0.05) is 22.1 Å². The summed E-state index contributed by atoms with van der Waals surface area (Å²) in [6.45, 7) is 6.66. The van der Waals surface area contributed by atoms with Crippen molar-refractivity contribution in [2.45, 2.75) is 39.5 Å². The molecule has 2 aromatic rings. The number of hydrogen-bond acceptors (Lipinski definition) is 4. The van der Waals surface area contributed by atoms with Gasteiger partial charge in [-0.2, -0.15) is 5.10 Å². The number of nitrogens with zero attached hydrogens (tertiary/aromatic N) is 3. The Morgan fingerprint density at radius 3 is 2.76 bits per heavy atom. The molecule has 0 aliphatic carbocycles. The maximum Gasteiger partial charge on any atom is 0.165 e. The first-order valence-corrected chi connectivity index (χ1v) is 7.80. The maximum absolute atomic E-state index is 5.97. The molecule has 0 aliphatic rings. The van der Waals surface area contributed by atoms with Crippen molar-refractivity contribution < 1.29 is 4.74 Å². The summed E-state index contributed by atoms with van der Waals surface area (Å²) in [5, 5.41) is 7.46. The van der Waals surface area contributed by atoms with Crippen molar-refractivity contribution in [1.29, 1.82) is 0 Å². The lowest BCUT2D eigenvalue weighted by atomic mass is 10.1. The first-order chi connectivity index (χ1) is 10.0. The van der Waals surface area contributed by atoms with Gasteiger partial charge in [-0.3, -0.25) is 0 Å². The number of rotatable bonds is 6. The van der Waals surface area contributed by atoms with E-state index in [1.165, 1.54) is 0 Å². The SMILES string of the molecule is CNC(C)c1cc(Br)ccc1OCc1ncnn1C(C)C. The Morgan fingerprint density at radius 2 is 2.10 bits per heavy atom. The van der Waals surface area contributed by atoms with Crippen LogP contribution in [0, 0.1) is 0 Å². The van der Waals surface area contributed by atoms with E-state index in [1.807, 2.05) is 23.9 Å². The van der Waals surface area contributed by atoms with Crippen molar-refractivity contribution in [3.8, 4) is 5.75 Å². The minimum atomic E-state index is 0.209. The van der Waals surface area contributed by atoms with Crippen LogP contribution in [0.4, 0.5) is 0 Å². The normalized spacial score (nSPS) is 12.7. The lowest BCUT2D eigenvalue weighted by Gasteiger charge is -2.17. The van der Waals surface area contributed by atoms with E-state index >= 15 is 0 Å². The van der Waals surface area contributed by atoms with Gasteiger partial charge in [-0.15, -0.1) is 0 Å². The highest BCUT2D eigenvalue weighted by Crippen LogP contribution is 2.29. The summed E-state index contributed by atoms with van der Waals surface area (Å²) in [5.74, 6) is 1.69. The summed E-state index contributed by atoms with van der Waals surface area (Å²) in [5.41, 5.74) is 1.11. The highest BCUT2D eigenvalue weighted by Gasteiger charge is 2.13. The molecule has 0 radical (unpaired) electrons. The van der Waals surface area contributed by atoms with E-state index in [-0.39, 0.29) is 12.1 Å². The molecule has 6 heteroatoms. The van der Waals surface area contributed by atoms with E-state index in [0.717, 1.165) is 21.6 Å². The second-order valence-corrected chi connectivity index (χ2v) is 6.11. The molecule has 114 valence electrons. The molecular formula is C15H21BrN4O. The molecule has 0 aliphatic heterocycles. The van der Waals surface area contributed by atoms with Gasteiger partial charge in [0.1, 0.15) is 18.7 Å². The first-order valence-electron chi connectivity index (χ1n) is 7.00. The van der Waals surface area contributed by atoms with Crippen LogP contribution in [0.5, 0.6) is 5.75 Å². The van der Waals surface area contributed by atoms with Crippen molar-refractivity contribution in [2.24, 2.45) is 0 Å². The number of halogens is 1. The van der Waals surface area contributed by atoms with Gasteiger partial charge in [-0.1, -0.05) is 15.9 Å². The largest absolute Gasteiger partial charge is 0.485 e. The quantitative estimate of drug-likeness (QED) is 0.864. The number of ether oxygens (including phenoxy) is 1. The summed E-state index contributed by atoms with van der Waals surface area (Å²) in [7, 11) is 1.94. The summed E-state index contributed by atoms with van der Waals surface area (Å²) in [6.07, 6.45) is 1.57. The fraction of sp³-hybridized carbons (Fsp3) is 0.467. The van der Waals surface area contributed by atoms with Gasteiger partial charge < -0.3 is 10.1 Å². The van der Waals surface area contributed by atoms with Gasteiger partial charge in [0.15, 0.2) is 5.82 Å². The Morgan fingerprint density at radius 1 is 1.33 bits per heavy atom. The van der Waals surface area contributed by atoms with Crippen LogP contribution in [0.25, 0.3) is 0 Å². The molecule has 1 aromatic carbocycles. The van der Waals surface area contributed by atoms with Gasteiger partial charge in [-0.25, -0.2) is 9.67 Å². The van der Waals surface area contributed by atoms with E-state index in [1.54, 1.807) is 6.33 Å². The molecule has 0 saturated heterocycles. The number of aromatic nitrogens is 3. The zero-order valence-corrected chi connectivity index (χ0v) is 14.4. The summed E-state index contributed by atoms with van der Waals surface area (Å²) in [4.78, 5) is 4.27. The molecule has 0 fully saturated rings. The van der Waals surface area contributed by atoms with Gasteiger partial charge in [0.2, 0.25) is 0 Å². The number of hydrogen-bond donors (Lipinski definition) is 1. The van der Waals surface area contributed by atoms with Crippen molar-refractivity contribution in [3.05, 3.63) is 40.4 Å². The van der Waals surface area contributed by atoms with Gasteiger partial charge in [0.25, 0.3) is 0 Å². The summed E-state index contributed by atoms with van der Waals surface area (Å²) < 4.78 is 8.88. The highest BCUT2D eigenvalue weighted by atomic mass is 79.9. The summed E-state index contributed by atoms with van der Waals surface area (Å²) in [6, 6.07) is 6.51. The Labute approximate surface area is 133 Å². The fourth-order valence-electron chi connectivity index (χ4n) is 2.10. The van der Waals surface area contributed by atoms with Crippen LogP contribution >= 0.6 is 15.9 Å². The molecule has 1 heterocycles. The zero-order chi connectivity index (χ0) is 15.4. The van der Waals surface area contributed by atoms with E-state index in [4.69, 9.17) is 4.74 Å². The molecular weight excluding hydrogens is 332 g/mol. The number of benzene rings is 1. The lowest BCUT2D eigenvalue weighted by molar-refractivity contribution is 0.277. The van der Waals surface area contributed by atoms with E-state index in [2.05, 4.69) is 58.2 Å². The van der Waals surface area contributed by atoms with Crippen molar-refractivity contribution in [3.63, 3.8) is 0 Å². The predicted octanol–water partition coefficient (Wildman–Crippen LogP) is 3.48. The van der Waals surface area contributed by atoms with E-state index in [0.29, 0.717) is 6.61 Å². The fourth-order valence-corrected chi connectivity index (χ4v) is 2.47. The smallest absolute Gasteiger partial charge is 0.165 e. The third kappa shape index (κ3) is 3.83. The third-order valence-corrected chi connectivity index (χ3v) is 3.86. The first kappa shape index (κ1) is 16.0. The molecule has 1 aromatic heterocycles. The predicted molar refractivity (Wildman–Crippen MR) is 86.4 cm³/mol. The topological polar surface area (TPSA) is 52.0 Å². The molecule has 1 unspecified atom stereocenters. The van der Waals surface area contributed by atoms with Gasteiger partial charge in [0.05, 0.1) is 0 Å². The highest BCUT2D eigenvalue weighted by molar-refractivity contribution is 9.10. The standard InChI is InChI=1S/C15H21BrN4O/c1-10(2)20-15(18-9-19-20)8-21-14-6-5-12(16)7-13(14)11(3)17-4/h5-7,9-11,17H,8H2,1-4H3. The number of nitrogens with one attached hydrogen (secondary N) is 1. The second kappa shape index (κ2) is 7.04. The second-order valence-electron chi connectivity index (χ2n) is 5.20. The van der Waals surface area contributed by atoms with Crippen LogP contribution in [-0.4, -0.2) is 21.8 Å². The Bertz CT molecular complexity index is 597. The molecule has 0 amide bonds. The maximum atomic E-state index is 5.97. The summed E-state index contributed by atoms with van der Waals surface area (Å²) >= 11 is 3.50. The molecule has 1 atom stereocenters. The van der Waals surface area contributed by atoms with Crippen LogP contribution in [0.1, 0.15) is 44.2 Å². The molecule has 5 nitrogen and oxygen atoms in total. The van der Waals surface area contributed by atoms with Crippen LogP contribution in [0.3, 0.4) is 0 Å². The van der Waals surface area contributed by atoms with E-state index in [9.17, 15) is 0 Å². The monoisotopic (exact) mass is 352 g/mol. The minimum absolute atomic E-state index is 0.209. The van der Waals surface area contributed by atoms with E-state index < -0.39 is 0 Å². The Hall–Kier alpha value is -1.40. The average molecular weight is 353 g/mol. The lowest BCUT2D eigenvalue weighted by Crippen LogP contribution is -2.15. The van der Waals surface area contributed by atoms with Crippen molar-refractivity contribution in [2.75, 3.05) is 7.05 Å². The van der Waals surface area contributed by atoms with Crippen LogP contribution in [0.15, 0.2) is 29.0 Å².